The number of hydrogen-bond donors (Lipinski definition) is 1. The topological polar surface area (TPSA) is 72.1 Å². The summed E-state index contributed by atoms with van der Waals surface area (Å²) in [5.41, 5.74) is 2.97. The van der Waals surface area contributed by atoms with Gasteiger partial charge >= 0.3 is 0 Å². The molecule has 0 fully saturated rings. The lowest BCUT2D eigenvalue weighted by atomic mass is 10.1. The summed E-state index contributed by atoms with van der Waals surface area (Å²) in [6.07, 6.45) is 2.68. The van der Waals surface area contributed by atoms with Crippen molar-refractivity contribution in [2.45, 2.75) is 32.5 Å². The van der Waals surface area contributed by atoms with Gasteiger partial charge < -0.3 is 19.0 Å². The normalized spacial score (nSPS) is 12.0. The number of methoxy groups -OCH3 is 1. The molecule has 0 saturated carbocycles. The zero-order chi connectivity index (χ0) is 22.1. The minimum atomic E-state index is -0.722. The molecule has 0 amide bonds. The van der Waals surface area contributed by atoms with Crippen LogP contribution in [0.4, 0.5) is 0 Å². The summed E-state index contributed by atoms with van der Waals surface area (Å²) in [5.74, 6) is 1.78. The van der Waals surface area contributed by atoms with Crippen LogP contribution in [0.25, 0.3) is 0 Å². The van der Waals surface area contributed by atoms with Crippen molar-refractivity contribution in [1.82, 2.24) is 4.90 Å². The minimum Gasteiger partial charge on any atom is -0.493 e. The van der Waals surface area contributed by atoms with Gasteiger partial charge in [-0.2, -0.15) is 0 Å². The van der Waals surface area contributed by atoms with Crippen molar-refractivity contribution in [3.63, 3.8) is 0 Å². The van der Waals surface area contributed by atoms with Gasteiger partial charge in [0.2, 0.25) is 0 Å². The number of aldehydes is 1. The van der Waals surface area contributed by atoms with E-state index in [-0.39, 0.29) is 6.61 Å². The molecule has 0 spiro atoms. The Balaban J connectivity index is 1.63. The fourth-order valence-electron chi connectivity index (χ4n) is 3.36. The third-order valence-electron chi connectivity index (χ3n) is 5.02. The molecule has 3 rings (SSSR count). The summed E-state index contributed by atoms with van der Waals surface area (Å²) in [4.78, 5) is 13.1. The van der Waals surface area contributed by atoms with Gasteiger partial charge in [-0.15, -0.1) is 0 Å². The second kappa shape index (κ2) is 11.3. The number of carbonyl (C=O) groups is 1. The van der Waals surface area contributed by atoms with Crippen LogP contribution < -0.4 is 9.47 Å². The first kappa shape index (κ1) is 22.6. The highest BCUT2D eigenvalue weighted by atomic mass is 16.5. The van der Waals surface area contributed by atoms with E-state index in [0.29, 0.717) is 36.7 Å². The largest absolute Gasteiger partial charge is 0.493 e. The lowest BCUT2D eigenvalue weighted by Gasteiger charge is -2.25. The Morgan fingerprint density at radius 3 is 2.48 bits per heavy atom. The average molecular weight is 424 g/mol. The third kappa shape index (κ3) is 6.70. The zero-order valence-corrected chi connectivity index (χ0v) is 18.0. The third-order valence-corrected chi connectivity index (χ3v) is 5.02. The Bertz CT molecular complexity index is 937. The number of aryl methyl sites for hydroxylation is 1. The van der Waals surface area contributed by atoms with Crippen LogP contribution in [0.5, 0.6) is 11.5 Å². The highest BCUT2D eigenvalue weighted by Crippen LogP contribution is 2.27. The number of rotatable bonds is 12. The lowest BCUT2D eigenvalue weighted by molar-refractivity contribution is 0.0596. The van der Waals surface area contributed by atoms with Crippen LogP contribution in [0.1, 0.15) is 34.2 Å². The quantitative estimate of drug-likeness (QED) is 0.442. The molecule has 0 bridgehead atoms. The highest BCUT2D eigenvalue weighted by Gasteiger charge is 2.16. The molecule has 0 radical (unpaired) electrons. The minimum absolute atomic E-state index is 0.0974. The van der Waals surface area contributed by atoms with Crippen molar-refractivity contribution in [1.29, 1.82) is 0 Å². The molecule has 1 aromatic heterocycles. The molecule has 3 aromatic rings. The Kier molecular flexibility index (Phi) is 8.27. The molecule has 6 heteroatoms. The molecule has 1 heterocycles. The van der Waals surface area contributed by atoms with Gasteiger partial charge in [0.15, 0.2) is 11.5 Å². The molecule has 164 valence electrons. The summed E-state index contributed by atoms with van der Waals surface area (Å²) in [5, 5.41) is 10.6. The highest BCUT2D eigenvalue weighted by molar-refractivity contribution is 5.76. The Hall–Kier alpha value is -3.09. The van der Waals surface area contributed by atoms with Crippen LogP contribution in [-0.2, 0) is 19.5 Å². The van der Waals surface area contributed by atoms with Crippen LogP contribution in [0.2, 0.25) is 0 Å². The summed E-state index contributed by atoms with van der Waals surface area (Å²) < 4.78 is 16.5. The van der Waals surface area contributed by atoms with Gasteiger partial charge in [0.1, 0.15) is 24.8 Å². The van der Waals surface area contributed by atoms with Crippen LogP contribution in [-0.4, -0.2) is 42.7 Å². The number of benzene rings is 2. The van der Waals surface area contributed by atoms with E-state index < -0.39 is 6.10 Å². The van der Waals surface area contributed by atoms with Crippen molar-refractivity contribution in [2.24, 2.45) is 0 Å². The van der Waals surface area contributed by atoms with E-state index in [4.69, 9.17) is 13.9 Å². The zero-order valence-electron chi connectivity index (χ0n) is 18.0. The van der Waals surface area contributed by atoms with Crippen molar-refractivity contribution >= 4 is 6.29 Å². The SMILES string of the molecule is CCc1ccc(CN(Cc2ccco2)CC(O)COc2ccc(C=O)cc2OC)cc1. The van der Waals surface area contributed by atoms with Crippen molar-refractivity contribution in [2.75, 3.05) is 20.3 Å². The van der Waals surface area contributed by atoms with E-state index >= 15 is 0 Å². The molecule has 0 saturated heterocycles. The molecule has 1 unspecified atom stereocenters. The summed E-state index contributed by atoms with van der Waals surface area (Å²) in [6, 6.07) is 17.2. The first-order valence-corrected chi connectivity index (χ1v) is 10.4. The Labute approximate surface area is 183 Å². The van der Waals surface area contributed by atoms with Crippen LogP contribution in [0, 0.1) is 0 Å². The molecule has 0 aliphatic rings. The van der Waals surface area contributed by atoms with Crippen molar-refractivity contribution in [3.8, 4) is 11.5 Å². The van der Waals surface area contributed by atoms with E-state index in [2.05, 4.69) is 36.1 Å². The number of aliphatic hydroxyl groups is 1. The van der Waals surface area contributed by atoms with E-state index in [9.17, 15) is 9.90 Å². The number of furan rings is 1. The number of ether oxygens (including phenoxy) is 2. The summed E-state index contributed by atoms with van der Waals surface area (Å²) >= 11 is 0. The molecule has 0 aliphatic heterocycles. The van der Waals surface area contributed by atoms with Gasteiger partial charge in [-0.3, -0.25) is 9.69 Å². The maximum atomic E-state index is 10.9. The van der Waals surface area contributed by atoms with Crippen LogP contribution >= 0.6 is 0 Å². The second-order valence-electron chi connectivity index (χ2n) is 7.41. The molecule has 6 nitrogen and oxygen atoms in total. The number of carbonyl (C=O) groups excluding carboxylic acids is 1. The Morgan fingerprint density at radius 1 is 1.06 bits per heavy atom. The first-order valence-electron chi connectivity index (χ1n) is 10.4. The molecule has 31 heavy (non-hydrogen) atoms. The van der Waals surface area contributed by atoms with Crippen molar-refractivity contribution < 1.29 is 23.8 Å². The lowest BCUT2D eigenvalue weighted by Crippen LogP contribution is -2.35. The fourth-order valence-corrected chi connectivity index (χ4v) is 3.36. The number of aliphatic hydroxyl groups excluding tert-OH is 1. The van der Waals surface area contributed by atoms with Crippen LogP contribution in [0.3, 0.4) is 0 Å². The molecule has 1 N–H and O–H groups in total. The van der Waals surface area contributed by atoms with Gasteiger partial charge in [-0.1, -0.05) is 31.2 Å². The van der Waals surface area contributed by atoms with Gasteiger partial charge in [0.25, 0.3) is 0 Å². The maximum Gasteiger partial charge on any atom is 0.161 e. The smallest absolute Gasteiger partial charge is 0.161 e. The predicted octanol–water partition coefficient (Wildman–Crippen LogP) is 4.11. The van der Waals surface area contributed by atoms with Gasteiger partial charge in [0.05, 0.1) is 19.9 Å². The summed E-state index contributed by atoms with van der Waals surface area (Å²) in [7, 11) is 1.52. The molecule has 2 aromatic carbocycles. The summed E-state index contributed by atoms with van der Waals surface area (Å²) in [6.45, 7) is 3.90. The van der Waals surface area contributed by atoms with E-state index in [1.807, 2.05) is 12.1 Å². The molecule has 1 atom stereocenters. The monoisotopic (exact) mass is 423 g/mol. The molecular weight excluding hydrogens is 394 g/mol. The average Bonchev–Trinajstić information content (AvgIpc) is 3.31. The van der Waals surface area contributed by atoms with E-state index in [1.165, 1.54) is 18.2 Å². The van der Waals surface area contributed by atoms with E-state index in [0.717, 1.165) is 18.5 Å². The van der Waals surface area contributed by atoms with Crippen molar-refractivity contribution in [3.05, 3.63) is 83.3 Å². The number of nitrogens with zero attached hydrogens (tertiary/aromatic N) is 1. The van der Waals surface area contributed by atoms with Crippen LogP contribution in [0.15, 0.2) is 65.3 Å². The molecular formula is C25H29NO5. The van der Waals surface area contributed by atoms with Gasteiger partial charge in [-0.05, 0) is 47.9 Å². The maximum absolute atomic E-state index is 10.9. The second-order valence-corrected chi connectivity index (χ2v) is 7.41. The Morgan fingerprint density at radius 2 is 1.84 bits per heavy atom. The predicted molar refractivity (Wildman–Crippen MR) is 119 cm³/mol. The standard InChI is InChI=1S/C25H29NO5/c1-3-19-6-8-20(9-7-19)14-26(16-23-5-4-12-30-23)15-22(28)18-31-24-11-10-21(17-27)13-25(24)29-2/h4-13,17,22,28H,3,14-16,18H2,1-2H3. The first-order chi connectivity index (χ1) is 15.1. The van der Waals surface area contributed by atoms with Gasteiger partial charge in [-0.25, -0.2) is 0 Å². The van der Waals surface area contributed by atoms with Gasteiger partial charge in [0, 0.05) is 18.7 Å². The van der Waals surface area contributed by atoms with E-state index in [1.54, 1.807) is 24.5 Å². The number of hydrogen-bond acceptors (Lipinski definition) is 6. The fraction of sp³-hybridized carbons (Fsp3) is 0.320. The molecule has 0 aliphatic carbocycles.